The Morgan fingerprint density at radius 1 is 1.19 bits per heavy atom. The van der Waals surface area contributed by atoms with Crippen LogP contribution < -0.4 is 10.2 Å². The highest BCUT2D eigenvalue weighted by Crippen LogP contribution is 2.13. The molecule has 1 aromatic heterocycles. The van der Waals surface area contributed by atoms with Crippen molar-refractivity contribution in [3.63, 3.8) is 0 Å². The van der Waals surface area contributed by atoms with Crippen molar-refractivity contribution in [1.82, 2.24) is 15.5 Å². The molecule has 0 saturated carbocycles. The van der Waals surface area contributed by atoms with Crippen molar-refractivity contribution in [2.75, 3.05) is 25.5 Å². The van der Waals surface area contributed by atoms with Gasteiger partial charge in [0.2, 0.25) is 0 Å². The molecule has 0 fully saturated rings. The Hall–Kier alpha value is -1.95. The molecular weight excluding hydrogens is 332 g/mol. The SMILES string of the molecule is CNC(=O)c1ccc(N(C)CCc2ccc(Br)cc2)nn1. The molecule has 0 saturated heterocycles. The molecule has 6 heteroatoms. The Bertz CT molecular complexity index is 598. The Morgan fingerprint density at radius 2 is 1.90 bits per heavy atom. The average Bonchev–Trinajstić information content (AvgIpc) is 2.53. The van der Waals surface area contributed by atoms with Crippen LogP contribution in [0.4, 0.5) is 5.82 Å². The van der Waals surface area contributed by atoms with E-state index in [0.29, 0.717) is 5.69 Å². The van der Waals surface area contributed by atoms with Gasteiger partial charge in [-0.15, -0.1) is 10.2 Å². The number of benzene rings is 1. The molecule has 2 rings (SSSR count). The van der Waals surface area contributed by atoms with Gasteiger partial charge >= 0.3 is 0 Å². The maximum Gasteiger partial charge on any atom is 0.271 e. The van der Waals surface area contributed by atoms with Gasteiger partial charge in [0, 0.05) is 25.1 Å². The van der Waals surface area contributed by atoms with Crippen molar-refractivity contribution < 1.29 is 4.79 Å². The van der Waals surface area contributed by atoms with Gasteiger partial charge in [-0.1, -0.05) is 28.1 Å². The number of nitrogens with zero attached hydrogens (tertiary/aromatic N) is 3. The zero-order valence-corrected chi connectivity index (χ0v) is 13.6. The average molecular weight is 349 g/mol. The first-order valence-electron chi connectivity index (χ1n) is 6.61. The van der Waals surface area contributed by atoms with E-state index in [9.17, 15) is 4.79 Å². The molecule has 0 atom stereocenters. The largest absolute Gasteiger partial charge is 0.358 e. The summed E-state index contributed by atoms with van der Waals surface area (Å²) >= 11 is 3.43. The van der Waals surface area contributed by atoms with Crippen LogP contribution in [0.25, 0.3) is 0 Å². The molecular formula is C15H17BrN4O. The van der Waals surface area contributed by atoms with E-state index in [-0.39, 0.29) is 5.91 Å². The van der Waals surface area contributed by atoms with Crippen LogP contribution in [0.2, 0.25) is 0 Å². The van der Waals surface area contributed by atoms with Crippen LogP contribution >= 0.6 is 15.9 Å². The maximum atomic E-state index is 11.4. The Labute approximate surface area is 132 Å². The van der Waals surface area contributed by atoms with E-state index >= 15 is 0 Å². The fourth-order valence-electron chi connectivity index (χ4n) is 1.84. The van der Waals surface area contributed by atoms with Crippen molar-refractivity contribution in [3.05, 3.63) is 52.1 Å². The summed E-state index contributed by atoms with van der Waals surface area (Å²) in [5, 5.41) is 10.5. The van der Waals surface area contributed by atoms with Crippen LogP contribution in [-0.4, -0.2) is 36.7 Å². The van der Waals surface area contributed by atoms with Gasteiger partial charge in [-0.05, 0) is 36.2 Å². The first kappa shape index (κ1) is 15.4. The standard InChI is InChI=1S/C15H17BrN4O/c1-17-15(21)13-7-8-14(19-18-13)20(2)10-9-11-3-5-12(16)6-4-11/h3-8H,9-10H2,1-2H3,(H,17,21). The quantitative estimate of drug-likeness (QED) is 0.900. The lowest BCUT2D eigenvalue weighted by molar-refractivity contribution is 0.0957. The predicted octanol–water partition coefficient (Wildman–Crippen LogP) is 2.28. The van der Waals surface area contributed by atoms with Crippen molar-refractivity contribution in [1.29, 1.82) is 0 Å². The molecule has 0 radical (unpaired) electrons. The number of carbonyl (C=O) groups is 1. The number of aromatic nitrogens is 2. The lowest BCUT2D eigenvalue weighted by Gasteiger charge is -2.17. The van der Waals surface area contributed by atoms with Gasteiger partial charge in [0.15, 0.2) is 11.5 Å². The van der Waals surface area contributed by atoms with Gasteiger partial charge in [-0.25, -0.2) is 0 Å². The minimum absolute atomic E-state index is 0.230. The normalized spacial score (nSPS) is 10.2. The van der Waals surface area contributed by atoms with Crippen molar-refractivity contribution in [2.24, 2.45) is 0 Å². The second-order valence-electron chi connectivity index (χ2n) is 4.65. The van der Waals surface area contributed by atoms with E-state index in [1.165, 1.54) is 5.56 Å². The van der Waals surface area contributed by atoms with E-state index < -0.39 is 0 Å². The smallest absolute Gasteiger partial charge is 0.271 e. The molecule has 1 aromatic carbocycles. The zero-order valence-electron chi connectivity index (χ0n) is 12.0. The third kappa shape index (κ3) is 4.26. The highest BCUT2D eigenvalue weighted by atomic mass is 79.9. The number of likely N-dealkylation sites (N-methyl/N-ethyl adjacent to an activating group) is 1. The van der Waals surface area contributed by atoms with E-state index in [4.69, 9.17) is 0 Å². The van der Waals surface area contributed by atoms with E-state index in [2.05, 4.69) is 43.6 Å². The fraction of sp³-hybridized carbons (Fsp3) is 0.267. The molecule has 110 valence electrons. The summed E-state index contributed by atoms with van der Waals surface area (Å²) in [4.78, 5) is 13.4. The number of anilines is 1. The summed E-state index contributed by atoms with van der Waals surface area (Å²) in [7, 11) is 3.53. The molecule has 0 aliphatic rings. The van der Waals surface area contributed by atoms with Crippen LogP contribution in [-0.2, 0) is 6.42 Å². The van der Waals surface area contributed by atoms with Gasteiger partial charge in [0.05, 0.1) is 0 Å². The number of rotatable bonds is 5. The van der Waals surface area contributed by atoms with Crippen LogP contribution in [0, 0.1) is 0 Å². The third-order valence-electron chi connectivity index (χ3n) is 3.15. The number of amides is 1. The molecule has 21 heavy (non-hydrogen) atoms. The molecule has 1 amide bonds. The minimum Gasteiger partial charge on any atom is -0.358 e. The summed E-state index contributed by atoms with van der Waals surface area (Å²) in [6, 6.07) is 11.7. The van der Waals surface area contributed by atoms with Crippen LogP contribution in [0.3, 0.4) is 0 Å². The molecule has 1 N–H and O–H groups in total. The van der Waals surface area contributed by atoms with E-state index in [1.807, 2.05) is 24.1 Å². The summed E-state index contributed by atoms with van der Waals surface area (Å²) in [5.41, 5.74) is 1.59. The van der Waals surface area contributed by atoms with Gasteiger partial charge in [0.1, 0.15) is 0 Å². The number of hydrogen-bond donors (Lipinski definition) is 1. The molecule has 1 heterocycles. The van der Waals surface area contributed by atoms with Gasteiger partial charge in [-0.3, -0.25) is 4.79 Å². The monoisotopic (exact) mass is 348 g/mol. The Balaban J connectivity index is 1.95. The predicted molar refractivity (Wildman–Crippen MR) is 86.5 cm³/mol. The zero-order chi connectivity index (χ0) is 15.2. The van der Waals surface area contributed by atoms with E-state index in [1.54, 1.807) is 19.2 Å². The Kier molecular flexibility index (Phi) is 5.27. The van der Waals surface area contributed by atoms with Crippen molar-refractivity contribution in [3.8, 4) is 0 Å². The van der Waals surface area contributed by atoms with Crippen LogP contribution in [0.15, 0.2) is 40.9 Å². The first-order valence-corrected chi connectivity index (χ1v) is 7.41. The number of halogens is 1. The lowest BCUT2D eigenvalue weighted by Crippen LogP contribution is -2.23. The maximum absolute atomic E-state index is 11.4. The lowest BCUT2D eigenvalue weighted by atomic mass is 10.1. The van der Waals surface area contributed by atoms with Crippen molar-refractivity contribution in [2.45, 2.75) is 6.42 Å². The van der Waals surface area contributed by atoms with Crippen LogP contribution in [0.1, 0.15) is 16.1 Å². The van der Waals surface area contributed by atoms with Gasteiger partial charge in [-0.2, -0.15) is 0 Å². The molecule has 0 bridgehead atoms. The van der Waals surface area contributed by atoms with Crippen molar-refractivity contribution >= 4 is 27.7 Å². The second-order valence-corrected chi connectivity index (χ2v) is 5.57. The number of hydrogen-bond acceptors (Lipinski definition) is 4. The van der Waals surface area contributed by atoms with Gasteiger partial charge in [0.25, 0.3) is 5.91 Å². The Morgan fingerprint density at radius 3 is 2.48 bits per heavy atom. The third-order valence-corrected chi connectivity index (χ3v) is 3.68. The topological polar surface area (TPSA) is 58.1 Å². The molecule has 0 unspecified atom stereocenters. The van der Waals surface area contributed by atoms with Crippen LogP contribution in [0.5, 0.6) is 0 Å². The molecule has 0 aliphatic heterocycles. The molecule has 5 nitrogen and oxygen atoms in total. The van der Waals surface area contributed by atoms with E-state index in [0.717, 1.165) is 23.3 Å². The highest BCUT2D eigenvalue weighted by molar-refractivity contribution is 9.10. The van der Waals surface area contributed by atoms with Gasteiger partial charge < -0.3 is 10.2 Å². The molecule has 2 aromatic rings. The highest BCUT2D eigenvalue weighted by Gasteiger charge is 2.08. The fourth-order valence-corrected chi connectivity index (χ4v) is 2.10. The second kappa shape index (κ2) is 7.17. The number of nitrogens with one attached hydrogen (secondary N) is 1. The summed E-state index contributed by atoms with van der Waals surface area (Å²) in [5.74, 6) is 0.520. The minimum atomic E-state index is -0.230. The molecule has 0 spiro atoms. The first-order chi connectivity index (χ1) is 10.1. The summed E-state index contributed by atoms with van der Waals surface area (Å²) < 4.78 is 1.08. The summed E-state index contributed by atoms with van der Waals surface area (Å²) in [6.07, 6.45) is 0.919. The summed E-state index contributed by atoms with van der Waals surface area (Å²) in [6.45, 7) is 0.829. The number of carbonyl (C=O) groups excluding carboxylic acids is 1. The molecule has 0 aliphatic carbocycles.